The van der Waals surface area contributed by atoms with Crippen LogP contribution in [-0.4, -0.2) is 4.98 Å². The van der Waals surface area contributed by atoms with Crippen molar-refractivity contribution in [3.05, 3.63) is 39.5 Å². The third-order valence-electron chi connectivity index (χ3n) is 2.48. The van der Waals surface area contributed by atoms with Crippen molar-refractivity contribution in [3.63, 3.8) is 0 Å². The lowest BCUT2D eigenvalue weighted by atomic mass is 10.1. The van der Waals surface area contributed by atoms with E-state index >= 15 is 0 Å². The summed E-state index contributed by atoms with van der Waals surface area (Å²) in [5.74, 6) is -0.157. The molecule has 1 aliphatic carbocycles. The van der Waals surface area contributed by atoms with Crippen molar-refractivity contribution in [1.29, 1.82) is 0 Å². The largest absolute Gasteiger partial charge is 0.241 e. The summed E-state index contributed by atoms with van der Waals surface area (Å²) in [5.41, 5.74) is 3.23. The second-order valence-electron chi connectivity index (χ2n) is 3.48. The Hall–Kier alpha value is -1.22. The first-order chi connectivity index (χ1) is 6.74. The van der Waals surface area contributed by atoms with Crippen molar-refractivity contribution in [2.24, 2.45) is 0 Å². The molecule has 70 valence electrons. The Morgan fingerprint density at radius 3 is 3.14 bits per heavy atom. The third kappa shape index (κ3) is 1.02. The van der Waals surface area contributed by atoms with Crippen molar-refractivity contribution < 1.29 is 4.39 Å². The number of hydrogen-bond acceptors (Lipinski definition) is 2. The first-order valence-electron chi connectivity index (χ1n) is 4.49. The van der Waals surface area contributed by atoms with E-state index in [1.165, 1.54) is 10.9 Å². The molecular weight excluding hydrogens is 197 g/mol. The molecule has 0 saturated heterocycles. The molecule has 1 aromatic heterocycles. The minimum Gasteiger partial charge on any atom is -0.241 e. The molecule has 0 spiro atoms. The molecule has 0 amide bonds. The number of hydrogen-bond donors (Lipinski definition) is 0. The van der Waals surface area contributed by atoms with Crippen LogP contribution in [0.1, 0.15) is 15.4 Å². The topological polar surface area (TPSA) is 12.9 Å². The molecule has 0 N–H and O–H groups in total. The summed E-state index contributed by atoms with van der Waals surface area (Å²) < 4.78 is 13.0. The molecule has 0 aliphatic heterocycles. The summed E-state index contributed by atoms with van der Waals surface area (Å²) in [6, 6.07) is 4.94. The van der Waals surface area contributed by atoms with Gasteiger partial charge in [-0.15, -0.1) is 11.3 Å². The van der Waals surface area contributed by atoms with Crippen molar-refractivity contribution in [3.8, 4) is 11.3 Å². The van der Waals surface area contributed by atoms with E-state index in [4.69, 9.17) is 0 Å². The van der Waals surface area contributed by atoms with Crippen LogP contribution in [0.25, 0.3) is 11.3 Å². The molecule has 2 aromatic rings. The van der Waals surface area contributed by atoms with Crippen LogP contribution >= 0.6 is 11.3 Å². The van der Waals surface area contributed by atoms with Crippen molar-refractivity contribution in [2.45, 2.75) is 13.3 Å². The second-order valence-corrected chi connectivity index (χ2v) is 4.77. The van der Waals surface area contributed by atoms with Gasteiger partial charge in [0, 0.05) is 16.9 Å². The van der Waals surface area contributed by atoms with E-state index in [-0.39, 0.29) is 5.82 Å². The summed E-state index contributed by atoms with van der Waals surface area (Å²) in [4.78, 5) is 5.73. The average molecular weight is 205 g/mol. The number of rotatable bonds is 0. The van der Waals surface area contributed by atoms with Crippen LogP contribution in [0.2, 0.25) is 0 Å². The quantitative estimate of drug-likeness (QED) is 0.549. The molecule has 0 radical (unpaired) electrons. The summed E-state index contributed by atoms with van der Waals surface area (Å²) in [7, 11) is 0. The van der Waals surface area contributed by atoms with Crippen LogP contribution < -0.4 is 0 Å². The minimum absolute atomic E-state index is 0.157. The highest BCUT2D eigenvalue weighted by Gasteiger charge is 2.22. The molecule has 0 atom stereocenters. The lowest BCUT2D eigenvalue weighted by molar-refractivity contribution is 0.626. The van der Waals surface area contributed by atoms with Crippen LogP contribution in [-0.2, 0) is 6.42 Å². The van der Waals surface area contributed by atoms with Crippen molar-refractivity contribution >= 4 is 11.3 Å². The van der Waals surface area contributed by atoms with Gasteiger partial charge in [0.15, 0.2) is 0 Å². The number of aromatic nitrogens is 1. The fourth-order valence-electron chi connectivity index (χ4n) is 1.91. The highest BCUT2D eigenvalue weighted by molar-refractivity contribution is 7.12. The van der Waals surface area contributed by atoms with Crippen LogP contribution in [0.5, 0.6) is 0 Å². The second kappa shape index (κ2) is 2.64. The number of fused-ring (bicyclic) bond motifs is 3. The first kappa shape index (κ1) is 8.12. The molecule has 1 aliphatic rings. The van der Waals surface area contributed by atoms with E-state index in [0.717, 1.165) is 28.2 Å². The summed E-state index contributed by atoms with van der Waals surface area (Å²) in [6.45, 7) is 2.01. The molecule has 0 unspecified atom stereocenters. The van der Waals surface area contributed by atoms with Crippen LogP contribution in [0.3, 0.4) is 0 Å². The summed E-state index contributed by atoms with van der Waals surface area (Å²) in [5, 5.41) is 1.09. The lowest BCUT2D eigenvalue weighted by Crippen LogP contribution is -1.83. The molecule has 0 bridgehead atoms. The van der Waals surface area contributed by atoms with Crippen LogP contribution in [0.4, 0.5) is 4.39 Å². The fourth-order valence-corrected chi connectivity index (χ4v) is 2.89. The zero-order chi connectivity index (χ0) is 9.71. The molecule has 1 nitrogen and oxygen atoms in total. The molecule has 3 rings (SSSR count). The van der Waals surface area contributed by atoms with Gasteiger partial charge < -0.3 is 0 Å². The van der Waals surface area contributed by atoms with E-state index in [9.17, 15) is 4.39 Å². The van der Waals surface area contributed by atoms with E-state index in [2.05, 4.69) is 4.98 Å². The molecular formula is C11H8FNS. The van der Waals surface area contributed by atoms with Gasteiger partial charge in [-0.25, -0.2) is 9.37 Å². The maximum atomic E-state index is 13.0. The zero-order valence-corrected chi connectivity index (χ0v) is 8.49. The monoisotopic (exact) mass is 205 g/mol. The summed E-state index contributed by atoms with van der Waals surface area (Å²) in [6.07, 6.45) is 0.841. The molecule has 0 fully saturated rings. The molecule has 1 aromatic carbocycles. The van der Waals surface area contributed by atoms with Crippen molar-refractivity contribution in [2.75, 3.05) is 0 Å². The van der Waals surface area contributed by atoms with Gasteiger partial charge in [-0.3, -0.25) is 0 Å². The number of nitrogens with zero attached hydrogens (tertiary/aromatic N) is 1. The molecule has 3 heteroatoms. The Morgan fingerprint density at radius 2 is 2.29 bits per heavy atom. The Labute approximate surface area is 85.2 Å². The minimum atomic E-state index is -0.157. The molecule has 0 saturated carbocycles. The van der Waals surface area contributed by atoms with Gasteiger partial charge in [0.1, 0.15) is 5.82 Å². The van der Waals surface area contributed by atoms with Gasteiger partial charge in [0.2, 0.25) is 0 Å². The fraction of sp³-hybridized carbons (Fsp3) is 0.182. The number of aryl methyl sites for hydroxylation is 1. The van der Waals surface area contributed by atoms with Gasteiger partial charge in [-0.2, -0.15) is 0 Å². The standard InChI is InChI=1S/C11H8FNS/c1-6-13-11-9-3-2-8(12)4-7(9)5-10(11)14-6/h2-4H,5H2,1H3. The van der Waals surface area contributed by atoms with Gasteiger partial charge in [0.05, 0.1) is 10.7 Å². The maximum Gasteiger partial charge on any atom is 0.123 e. The van der Waals surface area contributed by atoms with E-state index in [1.54, 1.807) is 17.4 Å². The maximum absolute atomic E-state index is 13.0. The zero-order valence-electron chi connectivity index (χ0n) is 7.67. The van der Waals surface area contributed by atoms with Gasteiger partial charge in [0.25, 0.3) is 0 Å². The SMILES string of the molecule is Cc1nc2c(s1)Cc1cc(F)ccc1-2. The highest BCUT2D eigenvalue weighted by Crippen LogP contribution is 2.39. The average Bonchev–Trinajstić information content (AvgIpc) is 2.59. The predicted octanol–water partition coefficient (Wildman–Crippen LogP) is 3.16. The highest BCUT2D eigenvalue weighted by atomic mass is 32.1. The van der Waals surface area contributed by atoms with Gasteiger partial charge in [-0.1, -0.05) is 0 Å². The summed E-state index contributed by atoms with van der Waals surface area (Å²) >= 11 is 1.71. The smallest absolute Gasteiger partial charge is 0.123 e. The Bertz CT molecular complexity index is 516. The third-order valence-corrected chi connectivity index (χ3v) is 3.45. The Morgan fingerprint density at radius 1 is 1.43 bits per heavy atom. The van der Waals surface area contributed by atoms with E-state index < -0.39 is 0 Å². The Kier molecular flexibility index (Phi) is 1.53. The van der Waals surface area contributed by atoms with Gasteiger partial charge in [-0.05, 0) is 30.7 Å². The lowest BCUT2D eigenvalue weighted by Gasteiger charge is -1.97. The van der Waals surface area contributed by atoms with Gasteiger partial charge >= 0.3 is 0 Å². The van der Waals surface area contributed by atoms with E-state index in [0.29, 0.717) is 0 Å². The van der Waals surface area contributed by atoms with E-state index in [1.807, 2.05) is 13.0 Å². The first-order valence-corrected chi connectivity index (χ1v) is 5.31. The molecule has 14 heavy (non-hydrogen) atoms. The predicted molar refractivity (Wildman–Crippen MR) is 55.1 cm³/mol. The number of thiazole rings is 1. The number of benzene rings is 1. The molecule has 1 heterocycles. The normalized spacial score (nSPS) is 12.7. The Balaban J connectivity index is 2.25. The van der Waals surface area contributed by atoms with Crippen molar-refractivity contribution in [1.82, 2.24) is 4.98 Å². The van der Waals surface area contributed by atoms with Crippen LogP contribution in [0, 0.1) is 12.7 Å². The number of halogens is 1. The van der Waals surface area contributed by atoms with Crippen LogP contribution in [0.15, 0.2) is 18.2 Å².